The van der Waals surface area contributed by atoms with Gasteiger partial charge in [0, 0.05) is 0 Å². The topological polar surface area (TPSA) is 0 Å². The van der Waals surface area contributed by atoms with Crippen LogP contribution in [0.3, 0.4) is 0 Å². The lowest BCUT2D eigenvalue weighted by Gasteiger charge is -2.04. The highest BCUT2D eigenvalue weighted by molar-refractivity contribution is 5.30. The maximum absolute atomic E-state index is 12.8. The molecule has 0 nitrogen and oxygen atoms in total. The molecule has 0 spiro atoms. The van der Waals surface area contributed by atoms with Crippen LogP contribution in [0.4, 0.5) is 4.39 Å². The lowest BCUT2D eigenvalue weighted by Crippen LogP contribution is -1.85. The Balaban J connectivity index is 4.53. The van der Waals surface area contributed by atoms with E-state index in [9.17, 15) is 4.39 Å². The van der Waals surface area contributed by atoms with Crippen molar-refractivity contribution in [3.63, 3.8) is 0 Å². The molecule has 0 aliphatic carbocycles. The van der Waals surface area contributed by atoms with E-state index in [1.54, 1.807) is 0 Å². The summed E-state index contributed by atoms with van der Waals surface area (Å²) in [6.45, 7) is 7.52. The molecule has 0 radical (unpaired) electrons. The minimum atomic E-state index is -0.0466. The smallest absolute Gasteiger partial charge is 0.100 e. The van der Waals surface area contributed by atoms with Crippen molar-refractivity contribution in [3.05, 3.63) is 23.0 Å². The molecule has 0 atom stereocenters. The summed E-state index contributed by atoms with van der Waals surface area (Å²) in [5, 5.41) is 0. The van der Waals surface area contributed by atoms with Crippen molar-refractivity contribution < 1.29 is 4.39 Å². The Morgan fingerprint density at radius 1 is 1.27 bits per heavy atom. The van der Waals surface area contributed by atoms with Crippen molar-refractivity contribution >= 4 is 0 Å². The Bertz CT molecular complexity index is 171. The van der Waals surface area contributed by atoms with Gasteiger partial charge in [0.25, 0.3) is 0 Å². The molecule has 0 N–H and O–H groups in total. The second kappa shape index (κ2) is 5.11. The van der Waals surface area contributed by atoms with E-state index in [0.717, 1.165) is 24.0 Å². The molecule has 0 bridgehead atoms. The Hall–Kier alpha value is -0.590. The Morgan fingerprint density at radius 2 is 1.82 bits per heavy atom. The van der Waals surface area contributed by atoms with Gasteiger partial charge in [-0.1, -0.05) is 19.9 Å². The van der Waals surface area contributed by atoms with Gasteiger partial charge in [0.2, 0.25) is 0 Å². The van der Waals surface area contributed by atoms with Crippen LogP contribution in [0.2, 0.25) is 0 Å². The van der Waals surface area contributed by atoms with Crippen LogP contribution in [-0.2, 0) is 0 Å². The fourth-order valence-electron chi connectivity index (χ4n) is 1.22. The second-order valence-corrected chi connectivity index (χ2v) is 2.66. The molecule has 0 heterocycles. The summed E-state index contributed by atoms with van der Waals surface area (Å²) in [6, 6.07) is 0. The molecule has 64 valence electrons. The molecule has 1 heteroatoms. The zero-order valence-corrected chi connectivity index (χ0v) is 7.87. The number of hydrogen-bond acceptors (Lipinski definition) is 0. The zero-order chi connectivity index (χ0) is 8.85. The van der Waals surface area contributed by atoms with Crippen LogP contribution in [-0.4, -0.2) is 0 Å². The first-order valence-corrected chi connectivity index (χ1v) is 4.15. The highest BCUT2D eigenvalue weighted by Crippen LogP contribution is 2.18. The van der Waals surface area contributed by atoms with Gasteiger partial charge in [0.1, 0.15) is 5.83 Å². The molecule has 0 aromatic carbocycles. The number of hydrogen-bond donors (Lipinski definition) is 0. The van der Waals surface area contributed by atoms with Gasteiger partial charge in [0.15, 0.2) is 0 Å². The van der Waals surface area contributed by atoms with E-state index in [4.69, 9.17) is 0 Å². The van der Waals surface area contributed by atoms with Crippen molar-refractivity contribution in [2.45, 2.75) is 40.5 Å². The van der Waals surface area contributed by atoms with E-state index in [-0.39, 0.29) is 5.83 Å². The molecule has 0 aromatic rings. The van der Waals surface area contributed by atoms with Gasteiger partial charge in [-0.25, -0.2) is 4.39 Å². The normalized spacial score (nSPS) is 14.8. The van der Waals surface area contributed by atoms with Crippen LogP contribution in [0.25, 0.3) is 0 Å². The second-order valence-electron chi connectivity index (χ2n) is 2.66. The molecular formula is C10H17F. The van der Waals surface area contributed by atoms with Crippen molar-refractivity contribution in [1.82, 2.24) is 0 Å². The van der Waals surface area contributed by atoms with Crippen molar-refractivity contribution in [1.29, 1.82) is 0 Å². The monoisotopic (exact) mass is 156 g/mol. The summed E-state index contributed by atoms with van der Waals surface area (Å²) in [6.07, 6.45) is 3.81. The third-order valence-corrected chi connectivity index (χ3v) is 1.76. The SMILES string of the molecule is CC/C=C(C)\C(CC)=C(/C)F. The average Bonchev–Trinajstić information content (AvgIpc) is 1.88. The van der Waals surface area contributed by atoms with Crippen molar-refractivity contribution in [3.8, 4) is 0 Å². The molecule has 0 aliphatic rings. The van der Waals surface area contributed by atoms with E-state index in [1.807, 2.05) is 13.8 Å². The van der Waals surface area contributed by atoms with E-state index in [1.165, 1.54) is 6.92 Å². The van der Waals surface area contributed by atoms with Crippen LogP contribution < -0.4 is 0 Å². The molecule has 0 rings (SSSR count). The highest BCUT2D eigenvalue weighted by atomic mass is 19.1. The molecule has 0 amide bonds. The van der Waals surface area contributed by atoms with Gasteiger partial charge >= 0.3 is 0 Å². The van der Waals surface area contributed by atoms with Crippen LogP contribution in [0.5, 0.6) is 0 Å². The first-order valence-electron chi connectivity index (χ1n) is 4.15. The zero-order valence-electron chi connectivity index (χ0n) is 7.87. The largest absolute Gasteiger partial charge is 0.212 e. The molecule has 0 saturated carbocycles. The predicted molar refractivity (Wildman–Crippen MR) is 48.1 cm³/mol. The van der Waals surface area contributed by atoms with Crippen molar-refractivity contribution in [2.75, 3.05) is 0 Å². The fourth-order valence-corrected chi connectivity index (χ4v) is 1.22. The maximum atomic E-state index is 12.8. The van der Waals surface area contributed by atoms with Gasteiger partial charge in [0.05, 0.1) is 0 Å². The van der Waals surface area contributed by atoms with Crippen LogP contribution in [0.15, 0.2) is 23.0 Å². The standard InChI is InChI=1S/C10H17F/c1-5-7-8(3)10(6-2)9(4)11/h7H,5-6H2,1-4H3/b8-7-,10-9+. The van der Waals surface area contributed by atoms with E-state index >= 15 is 0 Å². The Morgan fingerprint density at radius 3 is 2.09 bits per heavy atom. The third kappa shape index (κ3) is 3.35. The van der Waals surface area contributed by atoms with Gasteiger partial charge in [-0.05, 0) is 37.8 Å². The summed E-state index contributed by atoms with van der Waals surface area (Å²) < 4.78 is 12.8. The van der Waals surface area contributed by atoms with E-state index in [0.29, 0.717) is 0 Å². The number of rotatable bonds is 3. The minimum Gasteiger partial charge on any atom is -0.212 e. The third-order valence-electron chi connectivity index (χ3n) is 1.76. The van der Waals surface area contributed by atoms with Gasteiger partial charge in [-0.3, -0.25) is 0 Å². The minimum absolute atomic E-state index is 0.0466. The highest BCUT2D eigenvalue weighted by Gasteiger charge is 2.00. The number of halogens is 1. The molecule has 0 saturated heterocycles. The Labute approximate surface area is 68.8 Å². The Kier molecular flexibility index (Phi) is 4.84. The van der Waals surface area contributed by atoms with Gasteiger partial charge in [-0.2, -0.15) is 0 Å². The van der Waals surface area contributed by atoms with Crippen LogP contribution in [0.1, 0.15) is 40.5 Å². The first kappa shape index (κ1) is 10.4. The van der Waals surface area contributed by atoms with Gasteiger partial charge < -0.3 is 0 Å². The average molecular weight is 156 g/mol. The molecule has 0 fully saturated rings. The predicted octanol–water partition coefficient (Wildman–Crippen LogP) is 4.00. The van der Waals surface area contributed by atoms with Crippen LogP contribution >= 0.6 is 0 Å². The van der Waals surface area contributed by atoms with Crippen LogP contribution in [0, 0.1) is 0 Å². The molecular weight excluding hydrogens is 139 g/mol. The summed E-state index contributed by atoms with van der Waals surface area (Å²) in [7, 11) is 0. The maximum Gasteiger partial charge on any atom is 0.100 e. The summed E-state index contributed by atoms with van der Waals surface area (Å²) in [4.78, 5) is 0. The molecule has 0 unspecified atom stereocenters. The molecule has 11 heavy (non-hydrogen) atoms. The van der Waals surface area contributed by atoms with E-state index in [2.05, 4.69) is 13.0 Å². The van der Waals surface area contributed by atoms with E-state index < -0.39 is 0 Å². The number of allylic oxidation sites excluding steroid dienone is 4. The summed E-state index contributed by atoms with van der Waals surface area (Å²) in [5.74, 6) is -0.0466. The summed E-state index contributed by atoms with van der Waals surface area (Å²) >= 11 is 0. The molecule has 0 aromatic heterocycles. The van der Waals surface area contributed by atoms with Crippen molar-refractivity contribution in [2.24, 2.45) is 0 Å². The molecule has 0 aliphatic heterocycles. The summed E-state index contributed by atoms with van der Waals surface area (Å²) in [5.41, 5.74) is 1.93. The fraction of sp³-hybridized carbons (Fsp3) is 0.600. The lowest BCUT2D eigenvalue weighted by atomic mass is 10.0. The van der Waals surface area contributed by atoms with Gasteiger partial charge in [-0.15, -0.1) is 0 Å². The lowest BCUT2D eigenvalue weighted by molar-refractivity contribution is 0.623. The first-order chi connectivity index (χ1) is 5.13. The quantitative estimate of drug-likeness (QED) is 0.542.